The number of hydrogen-bond donors (Lipinski definition) is 0. The number of halogens is 1. The quantitative estimate of drug-likeness (QED) is 0.751. The lowest BCUT2D eigenvalue weighted by Crippen LogP contribution is -1.99. The molecule has 0 heterocycles. The van der Waals surface area contributed by atoms with Crippen LogP contribution in [0.1, 0.15) is 22.9 Å². The summed E-state index contributed by atoms with van der Waals surface area (Å²) in [5, 5.41) is 0. The van der Waals surface area contributed by atoms with Crippen molar-refractivity contribution >= 4 is 15.9 Å². The van der Waals surface area contributed by atoms with Gasteiger partial charge < -0.3 is 9.47 Å². The van der Waals surface area contributed by atoms with Crippen LogP contribution in [0.25, 0.3) is 0 Å². The summed E-state index contributed by atoms with van der Waals surface area (Å²) in [4.78, 5) is 0.112. The van der Waals surface area contributed by atoms with Gasteiger partial charge in [0.2, 0.25) is 0 Å². The zero-order valence-corrected chi connectivity index (χ0v) is 12.7. The van der Waals surface area contributed by atoms with E-state index in [1.807, 2.05) is 37.3 Å². The minimum atomic E-state index is 0.112. The maximum absolute atomic E-state index is 5.67. The van der Waals surface area contributed by atoms with Crippen LogP contribution in [-0.2, 0) is 0 Å². The van der Waals surface area contributed by atoms with E-state index in [-0.39, 0.29) is 4.83 Å². The van der Waals surface area contributed by atoms with Gasteiger partial charge in [0.1, 0.15) is 11.5 Å². The molecule has 1 atom stereocenters. The number of para-hydroxylation sites is 1. The summed E-state index contributed by atoms with van der Waals surface area (Å²) in [5.74, 6) is 1.78. The van der Waals surface area contributed by atoms with Crippen molar-refractivity contribution in [3.8, 4) is 11.5 Å². The smallest absolute Gasteiger partial charge is 0.123 e. The van der Waals surface area contributed by atoms with Crippen LogP contribution in [0, 0.1) is 0 Å². The third-order valence-electron chi connectivity index (χ3n) is 2.90. The molecule has 0 N–H and O–H groups in total. The van der Waals surface area contributed by atoms with Gasteiger partial charge in [-0.15, -0.1) is 0 Å². The van der Waals surface area contributed by atoms with Crippen LogP contribution in [0.4, 0.5) is 0 Å². The molecule has 0 aliphatic heterocycles. The first kappa shape index (κ1) is 13.9. The zero-order valence-electron chi connectivity index (χ0n) is 11.1. The molecule has 0 aliphatic rings. The van der Waals surface area contributed by atoms with E-state index < -0.39 is 0 Å². The second kappa shape index (κ2) is 6.62. The number of benzene rings is 2. The van der Waals surface area contributed by atoms with Crippen molar-refractivity contribution in [3.63, 3.8) is 0 Å². The van der Waals surface area contributed by atoms with E-state index in [1.165, 1.54) is 5.56 Å². The molecule has 0 spiro atoms. The molecule has 2 aromatic carbocycles. The summed E-state index contributed by atoms with van der Waals surface area (Å²) >= 11 is 3.74. The van der Waals surface area contributed by atoms with Crippen LogP contribution in [0.5, 0.6) is 11.5 Å². The highest BCUT2D eigenvalue weighted by Crippen LogP contribution is 2.36. The molecule has 2 aromatic rings. The Morgan fingerprint density at radius 1 is 1.05 bits per heavy atom. The van der Waals surface area contributed by atoms with Crippen molar-refractivity contribution in [2.24, 2.45) is 0 Å². The summed E-state index contributed by atoms with van der Waals surface area (Å²) < 4.78 is 10.8. The van der Waals surface area contributed by atoms with Crippen molar-refractivity contribution in [1.82, 2.24) is 0 Å². The van der Waals surface area contributed by atoms with Gasteiger partial charge in [-0.05, 0) is 30.7 Å². The molecular formula is C16H17BrO2. The fraction of sp³-hybridized carbons (Fsp3) is 0.250. The Kier molecular flexibility index (Phi) is 4.86. The van der Waals surface area contributed by atoms with E-state index in [1.54, 1.807) is 7.11 Å². The first-order valence-corrected chi connectivity index (χ1v) is 7.17. The van der Waals surface area contributed by atoms with Crippen molar-refractivity contribution in [2.45, 2.75) is 11.8 Å². The SMILES string of the molecule is CCOc1ccccc1C(Br)c1ccc(OC)cc1. The van der Waals surface area contributed by atoms with E-state index >= 15 is 0 Å². The van der Waals surface area contributed by atoms with Crippen molar-refractivity contribution < 1.29 is 9.47 Å². The lowest BCUT2D eigenvalue weighted by atomic mass is 10.0. The summed E-state index contributed by atoms with van der Waals surface area (Å²) in [5.41, 5.74) is 2.31. The molecule has 0 aromatic heterocycles. The molecule has 0 amide bonds. The molecule has 0 bridgehead atoms. The first-order chi connectivity index (χ1) is 9.26. The van der Waals surface area contributed by atoms with Gasteiger partial charge in [-0.3, -0.25) is 0 Å². The number of ether oxygens (including phenoxy) is 2. The molecule has 0 radical (unpaired) electrons. The van der Waals surface area contributed by atoms with Crippen molar-refractivity contribution in [1.29, 1.82) is 0 Å². The topological polar surface area (TPSA) is 18.5 Å². The average molecular weight is 321 g/mol. The fourth-order valence-corrected chi connectivity index (χ4v) is 2.61. The first-order valence-electron chi connectivity index (χ1n) is 6.26. The molecule has 2 rings (SSSR count). The molecule has 2 nitrogen and oxygen atoms in total. The molecule has 0 saturated carbocycles. The second-order valence-corrected chi connectivity index (χ2v) is 5.02. The minimum absolute atomic E-state index is 0.112. The van der Waals surface area contributed by atoms with Crippen LogP contribution >= 0.6 is 15.9 Å². The minimum Gasteiger partial charge on any atom is -0.497 e. The highest BCUT2D eigenvalue weighted by molar-refractivity contribution is 9.09. The molecule has 19 heavy (non-hydrogen) atoms. The maximum Gasteiger partial charge on any atom is 0.123 e. The Bertz CT molecular complexity index is 523. The molecule has 100 valence electrons. The third-order valence-corrected chi connectivity index (χ3v) is 3.92. The Labute approximate surface area is 122 Å². The fourth-order valence-electron chi connectivity index (χ4n) is 1.93. The van der Waals surface area contributed by atoms with E-state index in [9.17, 15) is 0 Å². The maximum atomic E-state index is 5.67. The number of hydrogen-bond acceptors (Lipinski definition) is 2. The monoisotopic (exact) mass is 320 g/mol. The molecule has 1 unspecified atom stereocenters. The molecule has 0 saturated heterocycles. The van der Waals surface area contributed by atoms with E-state index in [2.05, 4.69) is 34.1 Å². The highest BCUT2D eigenvalue weighted by atomic mass is 79.9. The van der Waals surface area contributed by atoms with Gasteiger partial charge in [-0.2, -0.15) is 0 Å². The largest absolute Gasteiger partial charge is 0.497 e. The molecule has 0 aliphatic carbocycles. The van der Waals surface area contributed by atoms with Gasteiger partial charge in [0, 0.05) is 5.56 Å². The molecule has 3 heteroatoms. The van der Waals surface area contributed by atoms with Crippen LogP contribution in [0.2, 0.25) is 0 Å². The van der Waals surface area contributed by atoms with Crippen LogP contribution in [0.3, 0.4) is 0 Å². The second-order valence-electron chi connectivity index (χ2n) is 4.11. The molecular weight excluding hydrogens is 304 g/mol. The summed E-state index contributed by atoms with van der Waals surface area (Å²) in [6.07, 6.45) is 0. The van der Waals surface area contributed by atoms with Crippen molar-refractivity contribution in [3.05, 3.63) is 59.7 Å². The lowest BCUT2D eigenvalue weighted by molar-refractivity contribution is 0.337. The molecule has 0 fully saturated rings. The normalized spacial score (nSPS) is 11.9. The van der Waals surface area contributed by atoms with Gasteiger partial charge in [0.05, 0.1) is 18.5 Å². The van der Waals surface area contributed by atoms with E-state index in [0.29, 0.717) is 6.61 Å². The third kappa shape index (κ3) is 3.29. The van der Waals surface area contributed by atoms with E-state index in [4.69, 9.17) is 9.47 Å². The summed E-state index contributed by atoms with van der Waals surface area (Å²) in [6.45, 7) is 2.66. The zero-order chi connectivity index (χ0) is 13.7. The lowest BCUT2D eigenvalue weighted by Gasteiger charge is -2.15. The summed E-state index contributed by atoms with van der Waals surface area (Å²) in [7, 11) is 1.67. The Hall–Kier alpha value is -1.48. The van der Waals surface area contributed by atoms with Gasteiger partial charge in [0.25, 0.3) is 0 Å². The number of rotatable bonds is 5. The van der Waals surface area contributed by atoms with Gasteiger partial charge in [-0.1, -0.05) is 46.3 Å². The standard InChI is InChI=1S/C16H17BrO2/c1-3-19-15-7-5-4-6-14(15)16(17)12-8-10-13(18-2)11-9-12/h4-11,16H,3H2,1-2H3. The predicted octanol–water partition coefficient (Wildman–Crippen LogP) is 4.58. The Morgan fingerprint density at radius 2 is 1.74 bits per heavy atom. The summed E-state index contributed by atoms with van der Waals surface area (Å²) in [6, 6.07) is 16.1. The predicted molar refractivity (Wildman–Crippen MR) is 81.4 cm³/mol. The average Bonchev–Trinajstić information content (AvgIpc) is 2.47. The van der Waals surface area contributed by atoms with Gasteiger partial charge >= 0.3 is 0 Å². The van der Waals surface area contributed by atoms with Crippen LogP contribution in [-0.4, -0.2) is 13.7 Å². The van der Waals surface area contributed by atoms with Gasteiger partial charge in [-0.25, -0.2) is 0 Å². The van der Waals surface area contributed by atoms with Gasteiger partial charge in [0.15, 0.2) is 0 Å². The number of methoxy groups -OCH3 is 1. The van der Waals surface area contributed by atoms with Crippen LogP contribution < -0.4 is 9.47 Å². The van der Waals surface area contributed by atoms with Crippen LogP contribution in [0.15, 0.2) is 48.5 Å². The van der Waals surface area contributed by atoms with Crippen molar-refractivity contribution in [2.75, 3.05) is 13.7 Å². The number of alkyl halides is 1. The Balaban J connectivity index is 2.29. The Morgan fingerprint density at radius 3 is 2.37 bits per heavy atom. The highest BCUT2D eigenvalue weighted by Gasteiger charge is 2.14. The van der Waals surface area contributed by atoms with E-state index in [0.717, 1.165) is 17.1 Å².